The highest BCUT2D eigenvalue weighted by Crippen LogP contribution is 2.38. The van der Waals surface area contributed by atoms with Crippen LogP contribution >= 0.6 is 0 Å². The van der Waals surface area contributed by atoms with E-state index < -0.39 is 0 Å². The first kappa shape index (κ1) is 19.1. The molecule has 5 rings (SSSR count). The summed E-state index contributed by atoms with van der Waals surface area (Å²) in [6, 6.07) is 12.1. The third kappa shape index (κ3) is 3.92. The lowest BCUT2D eigenvalue weighted by atomic mass is 9.82. The summed E-state index contributed by atoms with van der Waals surface area (Å²) < 4.78 is 13.3. The number of urea groups is 1. The number of hydrogen-bond donors (Lipinski definition) is 3. The standard InChI is InChI=1S/C24H27FN4O/c25-17-4-3-5-18(13-17)27-24(30)28-19-7-8-23-21(14-19)22(15-26-23)16-9-11-29-10-2-1-6-20(29)12-16/h3-5,7-8,13-16,20,26H,1-2,6,9-12H2,(H2,27,28,30). The predicted molar refractivity (Wildman–Crippen MR) is 119 cm³/mol. The number of fused-ring (bicyclic) bond motifs is 2. The first-order valence-electron chi connectivity index (χ1n) is 10.8. The van der Waals surface area contributed by atoms with E-state index in [1.165, 1.54) is 68.3 Å². The van der Waals surface area contributed by atoms with Crippen molar-refractivity contribution in [1.29, 1.82) is 0 Å². The SMILES string of the molecule is O=C(Nc1cccc(F)c1)Nc1ccc2[nH]cc(C3CCN4CCCCC4C3)c2c1. The van der Waals surface area contributed by atoms with Crippen LogP contribution in [0.1, 0.15) is 43.6 Å². The van der Waals surface area contributed by atoms with Gasteiger partial charge in [-0.1, -0.05) is 12.5 Å². The Kier molecular flexibility index (Phi) is 5.17. The molecule has 2 aliphatic heterocycles. The molecule has 3 N–H and O–H groups in total. The Morgan fingerprint density at radius 3 is 2.77 bits per heavy atom. The van der Waals surface area contributed by atoms with Gasteiger partial charge in [-0.2, -0.15) is 0 Å². The molecule has 0 radical (unpaired) electrons. The van der Waals surface area contributed by atoms with Gasteiger partial charge in [-0.15, -0.1) is 0 Å². The molecule has 6 heteroatoms. The zero-order valence-electron chi connectivity index (χ0n) is 17.0. The van der Waals surface area contributed by atoms with Gasteiger partial charge in [0.1, 0.15) is 5.82 Å². The van der Waals surface area contributed by atoms with Gasteiger partial charge in [-0.25, -0.2) is 9.18 Å². The van der Waals surface area contributed by atoms with Gasteiger partial charge in [0.05, 0.1) is 0 Å². The zero-order chi connectivity index (χ0) is 20.5. The molecule has 2 unspecified atom stereocenters. The molecule has 5 nitrogen and oxygen atoms in total. The highest BCUT2D eigenvalue weighted by molar-refractivity contribution is 6.01. The molecule has 0 spiro atoms. The quantitative estimate of drug-likeness (QED) is 0.524. The van der Waals surface area contributed by atoms with Crippen LogP contribution in [0.25, 0.3) is 10.9 Å². The molecule has 0 saturated carbocycles. The lowest BCUT2D eigenvalue weighted by molar-refractivity contribution is 0.0977. The van der Waals surface area contributed by atoms with E-state index in [4.69, 9.17) is 0 Å². The Morgan fingerprint density at radius 1 is 1.03 bits per heavy atom. The minimum atomic E-state index is -0.382. The molecule has 30 heavy (non-hydrogen) atoms. The van der Waals surface area contributed by atoms with Gasteiger partial charge < -0.3 is 20.5 Å². The number of carbonyl (C=O) groups is 1. The fourth-order valence-electron chi connectivity index (χ4n) is 5.09. The largest absolute Gasteiger partial charge is 0.361 e. The van der Waals surface area contributed by atoms with Crippen molar-refractivity contribution >= 4 is 28.3 Å². The Hall–Kier alpha value is -2.86. The summed E-state index contributed by atoms with van der Waals surface area (Å²) in [5.74, 6) is 0.171. The van der Waals surface area contributed by atoms with Crippen LogP contribution in [0.5, 0.6) is 0 Å². The van der Waals surface area contributed by atoms with E-state index in [0.29, 0.717) is 17.6 Å². The molecule has 2 saturated heterocycles. The van der Waals surface area contributed by atoms with Crippen molar-refractivity contribution in [3.8, 4) is 0 Å². The summed E-state index contributed by atoms with van der Waals surface area (Å²) in [7, 11) is 0. The topological polar surface area (TPSA) is 60.2 Å². The Balaban J connectivity index is 1.32. The number of hydrogen-bond acceptors (Lipinski definition) is 2. The zero-order valence-corrected chi connectivity index (χ0v) is 17.0. The number of nitrogens with one attached hydrogen (secondary N) is 3. The van der Waals surface area contributed by atoms with Crippen molar-refractivity contribution in [2.24, 2.45) is 0 Å². The van der Waals surface area contributed by atoms with Crippen molar-refractivity contribution in [2.75, 3.05) is 23.7 Å². The normalized spacial score (nSPS) is 21.9. The first-order chi connectivity index (χ1) is 14.7. The number of anilines is 2. The molecule has 1 aromatic heterocycles. The van der Waals surface area contributed by atoms with Crippen LogP contribution in [0.4, 0.5) is 20.6 Å². The number of piperidine rings is 2. The molecule has 2 amide bonds. The van der Waals surface area contributed by atoms with Crippen molar-refractivity contribution in [2.45, 2.75) is 44.1 Å². The van der Waals surface area contributed by atoms with Crippen LogP contribution in [-0.2, 0) is 0 Å². The summed E-state index contributed by atoms with van der Waals surface area (Å²) in [6.07, 6.45) is 8.53. The van der Waals surface area contributed by atoms with Crippen molar-refractivity contribution in [3.05, 3.63) is 60.0 Å². The van der Waals surface area contributed by atoms with Crippen molar-refractivity contribution in [3.63, 3.8) is 0 Å². The monoisotopic (exact) mass is 406 g/mol. The van der Waals surface area contributed by atoms with E-state index in [9.17, 15) is 9.18 Å². The number of aromatic nitrogens is 1. The van der Waals surface area contributed by atoms with Gasteiger partial charge in [-0.05, 0) is 86.7 Å². The van der Waals surface area contributed by atoms with Crippen LogP contribution in [0.2, 0.25) is 0 Å². The van der Waals surface area contributed by atoms with Crippen LogP contribution in [0, 0.1) is 5.82 Å². The molecule has 156 valence electrons. The van der Waals surface area contributed by atoms with E-state index in [2.05, 4.69) is 26.7 Å². The van der Waals surface area contributed by atoms with E-state index in [0.717, 1.165) is 11.2 Å². The highest BCUT2D eigenvalue weighted by atomic mass is 19.1. The minimum Gasteiger partial charge on any atom is -0.361 e. The Bertz CT molecular complexity index is 1060. The molecule has 2 aliphatic rings. The maximum absolute atomic E-state index is 13.3. The van der Waals surface area contributed by atoms with Gasteiger partial charge in [0.2, 0.25) is 0 Å². The number of halogens is 1. The smallest absolute Gasteiger partial charge is 0.323 e. The number of benzene rings is 2. The fraction of sp³-hybridized carbons (Fsp3) is 0.375. The van der Waals surface area contributed by atoms with Crippen molar-refractivity contribution < 1.29 is 9.18 Å². The van der Waals surface area contributed by atoms with Gasteiger partial charge in [0.25, 0.3) is 0 Å². The Labute approximate surface area is 175 Å². The number of nitrogens with zero attached hydrogens (tertiary/aromatic N) is 1. The molecule has 0 bridgehead atoms. The van der Waals surface area contributed by atoms with Gasteiger partial charge in [0, 0.05) is 34.5 Å². The van der Waals surface area contributed by atoms with E-state index in [1.54, 1.807) is 12.1 Å². The second-order valence-corrected chi connectivity index (χ2v) is 8.50. The second-order valence-electron chi connectivity index (χ2n) is 8.50. The third-order valence-corrected chi connectivity index (χ3v) is 6.56. The van der Waals surface area contributed by atoms with Gasteiger partial charge in [0.15, 0.2) is 0 Å². The minimum absolute atomic E-state index is 0.379. The maximum atomic E-state index is 13.3. The number of aromatic amines is 1. The highest BCUT2D eigenvalue weighted by Gasteiger charge is 2.31. The summed E-state index contributed by atoms with van der Waals surface area (Å²) in [5.41, 5.74) is 3.60. The lowest BCUT2D eigenvalue weighted by Crippen LogP contribution is -2.44. The van der Waals surface area contributed by atoms with Gasteiger partial charge in [-0.3, -0.25) is 0 Å². The van der Waals surface area contributed by atoms with E-state index >= 15 is 0 Å². The number of amides is 2. The predicted octanol–water partition coefficient (Wildman–Crippen LogP) is 5.68. The fourth-order valence-corrected chi connectivity index (χ4v) is 5.09. The average molecular weight is 407 g/mol. The van der Waals surface area contributed by atoms with Gasteiger partial charge >= 0.3 is 6.03 Å². The van der Waals surface area contributed by atoms with E-state index in [1.807, 2.05) is 18.2 Å². The summed E-state index contributed by atoms with van der Waals surface area (Å²) in [6.45, 7) is 2.43. The Morgan fingerprint density at radius 2 is 1.90 bits per heavy atom. The summed E-state index contributed by atoms with van der Waals surface area (Å²) in [5, 5.41) is 6.73. The van der Waals surface area contributed by atoms with Crippen LogP contribution < -0.4 is 10.6 Å². The average Bonchev–Trinajstić information content (AvgIpc) is 3.16. The van der Waals surface area contributed by atoms with Crippen LogP contribution in [0.3, 0.4) is 0 Å². The van der Waals surface area contributed by atoms with E-state index in [-0.39, 0.29) is 11.8 Å². The molecular formula is C24H27FN4O. The molecule has 3 heterocycles. The second kappa shape index (κ2) is 8.11. The summed E-state index contributed by atoms with van der Waals surface area (Å²) >= 11 is 0. The molecule has 3 aromatic rings. The summed E-state index contributed by atoms with van der Waals surface area (Å²) in [4.78, 5) is 18.4. The third-order valence-electron chi connectivity index (χ3n) is 6.56. The molecule has 2 aromatic carbocycles. The number of carbonyl (C=O) groups excluding carboxylic acids is 1. The van der Waals surface area contributed by atoms with Crippen LogP contribution in [0.15, 0.2) is 48.7 Å². The molecule has 2 fully saturated rings. The molecule has 0 aliphatic carbocycles. The van der Waals surface area contributed by atoms with Crippen LogP contribution in [-0.4, -0.2) is 35.0 Å². The first-order valence-corrected chi connectivity index (χ1v) is 10.8. The maximum Gasteiger partial charge on any atom is 0.323 e. The molecular weight excluding hydrogens is 379 g/mol. The number of H-pyrrole nitrogens is 1. The lowest BCUT2D eigenvalue weighted by Gasteiger charge is -2.42. The molecule has 2 atom stereocenters. The van der Waals surface area contributed by atoms with Crippen molar-refractivity contribution in [1.82, 2.24) is 9.88 Å². The number of rotatable bonds is 3.